The fraction of sp³-hybridized carbons (Fsp3) is 0.111. The number of benzene rings is 1. The van der Waals surface area contributed by atoms with Crippen LogP contribution in [-0.4, -0.2) is 18.5 Å². The van der Waals surface area contributed by atoms with Crippen LogP contribution in [0, 0.1) is 0 Å². The van der Waals surface area contributed by atoms with Crippen LogP contribution in [0.15, 0.2) is 18.2 Å². The minimum Gasteiger partial charge on any atom is -0.452 e. The summed E-state index contributed by atoms with van der Waals surface area (Å²) >= 11 is 11.5. The molecule has 0 saturated carbocycles. The van der Waals surface area contributed by atoms with Crippen molar-refractivity contribution in [3.05, 3.63) is 33.8 Å². The van der Waals surface area contributed by atoms with E-state index in [2.05, 4.69) is 4.74 Å². The first-order valence-corrected chi connectivity index (χ1v) is 4.67. The van der Waals surface area contributed by atoms with Gasteiger partial charge in [0, 0.05) is 0 Å². The maximum absolute atomic E-state index is 11.4. The van der Waals surface area contributed by atoms with Gasteiger partial charge in [-0.1, -0.05) is 29.3 Å². The molecule has 2 N–H and O–H groups in total. The van der Waals surface area contributed by atoms with Crippen LogP contribution in [-0.2, 0) is 9.53 Å². The Morgan fingerprint density at radius 1 is 1.27 bits per heavy atom. The molecule has 0 radical (unpaired) electrons. The van der Waals surface area contributed by atoms with Crippen molar-refractivity contribution in [2.24, 2.45) is 5.73 Å². The lowest BCUT2D eigenvalue weighted by Crippen LogP contribution is -2.21. The third kappa shape index (κ3) is 3.11. The zero-order valence-corrected chi connectivity index (χ0v) is 9.01. The highest BCUT2D eigenvalue weighted by Crippen LogP contribution is 2.24. The van der Waals surface area contributed by atoms with Crippen LogP contribution >= 0.6 is 23.2 Å². The molecule has 0 atom stereocenters. The molecule has 6 heteroatoms. The molecule has 0 aromatic heterocycles. The third-order valence-electron chi connectivity index (χ3n) is 1.51. The predicted molar refractivity (Wildman–Crippen MR) is 55.9 cm³/mol. The van der Waals surface area contributed by atoms with E-state index in [1.165, 1.54) is 12.1 Å². The van der Waals surface area contributed by atoms with E-state index in [0.29, 0.717) is 0 Å². The Labute approximate surface area is 95.9 Å². The molecule has 0 bridgehead atoms. The van der Waals surface area contributed by atoms with Crippen molar-refractivity contribution in [1.29, 1.82) is 0 Å². The quantitative estimate of drug-likeness (QED) is 0.826. The van der Waals surface area contributed by atoms with Crippen LogP contribution in [0.25, 0.3) is 0 Å². The van der Waals surface area contributed by atoms with Gasteiger partial charge in [-0.25, -0.2) is 4.79 Å². The van der Waals surface area contributed by atoms with Crippen molar-refractivity contribution in [3.63, 3.8) is 0 Å². The number of nitrogens with two attached hydrogens (primary N) is 1. The summed E-state index contributed by atoms with van der Waals surface area (Å²) in [6, 6.07) is 4.58. The largest absolute Gasteiger partial charge is 0.452 e. The number of halogens is 2. The van der Waals surface area contributed by atoms with Gasteiger partial charge in [-0.05, 0) is 12.1 Å². The average Bonchev–Trinajstić information content (AvgIpc) is 2.14. The summed E-state index contributed by atoms with van der Waals surface area (Å²) in [5.41, 5.74) is 4.84. The van der Waals surface area contributed by atoms with Crippen molar-refractivity contribution in [3.8, 4) is 0 Å². The molecule has 0 fully saturated rings. The third-order valence-corrected chi connectivity index (χ3v) is 2.14. The topological polar surface area (TPSA) is 69.4 Å². The maximum Gasteiger partial charge on any atom is 0.341 e. The van der Waals surface area contributed by atoms with Crippen LogP contribution in [0.4, 0.5) is 0 Å². The first-order chi connectivity index (χ1) is 7.02. The van der Waals surface area contributed by atoms with Gasteiger partial charge in [-0.15, -0.1) is 0 Å². The van der Waals surface area contributed by atoms with Crippen molar-refractivity contribution in [1.82, 2.24) is 0 Å². The molecule has 0 aliphatic rings. The van der Waals surface area contributed by atoms with Crippen molar-refractivity contribution in [2.45, 2.75) is 0 Å². The lowest BCUT2D eigenvalue weighted by atomic mass is 10.2. The number of primary amides is 1. The Bertz CT molecular complexity index is 386. The number of esters is 1. The molecule has 1 aromatic carbocycles. The summed E-state index contributed by atoms with van der Waals surface area (Å²) < 4.78 is 4.57. The zero-order chi connectivity index (χ0) is 11.4. The first kappa shape index (κ1) is 11.8. The van der Waals surface area contributed by atoms with Crippen LogP contribution in [0.1, 0.15) is 10.4 Å². The Morgan fingerprint density at radius 3 is 2.27 bits per heavy atom. The SMILES string of the molecule is NC(=O)COC(=O)c1c(Cl)cccc1Cl. The zero-order valence-electron chi connectivity index (χ0n) is 7.50. The summed E-state index contributed by atoms with van der Waals surface area (Å²) in [6.07, 6.45) is 0. The smallest absolute Gasteiger partial charge is 0.341 e. The highest BCUT2D eigenvalue weighted by atomic mass is 35.5. The molecule has 0 spiro atoms. The molecule has 0 aliphatic heterocycles. The van der Waals surface area contributed by atoms with Gasteiger partial charge in [0.1, 0.15) is 0 Å². The molecule has 0 aliphatic carbocycles. The molecular weight excluding hydrogens is 241 g/mol. The molecule has 1 amide bonds. The molecule has 1 aromatic rings. The fourth-order valence-electron chi connectivity index (χ4n) is 0.902. The monoisotopic (exact) mass is 247 g/mol. The number of carbonyl (C=O) groups excluding carboxylic acids is 2. The van der Waals surface area contributed by atoms with Crippen molar-refractivity contribution < 1.29 is 14.3 Å². The van der Waals surface area contributed by atoms with Gasteiger partial charge in [0.15, 0.2) is 6.61 Å². The standard InChI is InChI=1S/C9H7Cl2NO3/c10-5-2-1-3-6(11)8(5)9(14)15-4-7(12)13/h1-3H,4H2,(H2,12,13). The average molecular weight is 248 g/mol. The number of rotatable bonds is 3. The molecule has 80 valence electrons. The van der Waals surface area contributed by atoms with Crippen LogP contribution in [0.3, 0.4) is 0 Å². The van der Waals surface area contributed by atoms with Crippen molar-refractivity contribution >= 4 is 35.1 Å². The van der Waals surface area contributed by atoms with Crippen LogP contribution < -0.4 is 5.73 Å². The normalized spacial score (nSPS) is 9.73. The maximum atomic E-state index is 11.4. The van der Waals surface area contributed by atoms with Gasteiger partial charge in [0.05, 0.1) is 15.6 Å². The first-order valence-electron chi connectivity index (χ1n) is 3.92. The second-order valence-electron chi connectivity index (χ2n) is 2.64. The highest BCUT2D eigenvalue weighted by molar-refractivity contribution is 6.39. The van der Waals surface area contributed by atoms with Gasteiger partial charge >= 0.3 is 5.97 Å². The van der Waals surface area contributed by atoms with Gasteiger partial charge < -0.3 is 10.5 Å². The Hall–Kier alpha value is -1.26. The summed E-state index contributed by atoms with van der Waals surface area (Å²) in [5, 5.41) is 0.328. The minimum absolute atomic E-state index is 0.0297. The highest BCUT2D eigenvalue weighted by Gasteiger charge is 2.16. The van der Waals surface area contributed by atoms with Gasteiger partial charge in [0.2, 0.25) is 0 Å². The van der Waals surface area contributed by atoms with E-state index in [1.807, 2.05) is 0 Å². The van der Waals surface area contributed by atoms with E-state index >= 15 is 0 Å². The number of hydrogen-bond acceptors (Lipinski definition) is 3. The molecule has 1 rings (SSSR count). The second kappa shape index (κ2) is 5.00. The second-order valence-corrected chi connectivity index (χ2v) is 3.45. The van der Waals surface area contributed by atoms with E-state index in [4.69, 9.17) is 28.9 Å². The molecule has 15 heavy (non-hydrogen) atoms. The molecule has 0 saturated heterocycles. The van der Waals surface area contributed by atoms with E-state index in [9.17, 15) is 9.59 Å². The Balaban J connectivity index is 2.86. The molecule has 4 nitrogen and oxygen atoms in total. The number of carbonyl (C=O) groups is 2. The number of amides is 1. The van der Waals surface area contributed by atoms with Crippen LogP contribution in [0.2, 0.25) is 10.0 Å². The lowest BCUT2D eigenvalue weighted by molar-refractivity contribution is -0.121. The summed E-state index contributed by atoms with van der Waals surface area (Å²) in [5.74, 6) is -1.52. The van der Waals surface area contributed by atoms with E-state index in [-0.39, 0.29) is 15.6 Å². The Kier molecular flexibility index (Phi) is 3.94. The Morgan fingerprint density at radius 2 is 1.80 bits per heavy atom. The van der Waals surface area contributed by atoms with E-state index < -0.39 is 18.5 Å². The van der Waals surface area contributed by atoms with Gasteiger partial charge in [-0.3, -0.25) is 4.79 Å². The molecule has 0 heterocycles. The summed E-state index contributed by atoms with van der Waals surface area (Å²) in [6.45, 7) is -0.500. The van der Waals surface area contributed by atoms with E-state index in [1.54, 1.807) is 6.07 Å². The molecule has 0 unspecified atom stereocenters. The van der Waals surface area contributed by atoms with Gasteiger partial charge in [-0.2, -0.15) is 0 Å². The predicted octanol–water partition coefficient (Wildman–Crippen LogP) is 1.64. The van der Waals surface area contributed by atoms with E-state index in [0.717, 1.165) is 0 Å². The van der Waals surface area contributed by atoms with Gasteiger partial charge in [0.25, 0.3) is 5.91 Å². The summed E-state index contributed by atoms with van der Waals surface area (Å²) in [7, 11) is 0. The lowest BCUT2D eigenvalue weighted by Gasteiger charge is -2.05. The number of hydrogen-bond donors (Lipinski definition) is 1. The minimum atomic E-state index is -0.774. The fourth-order valence-corrected chi connectivity index (χ4v) is 1.45. The summed E-state index contributed by atoms with van der Waals surface area (Å²) in [4.78, 5) is 21.8. The van der Waals surface area contributed by atoms with Crippen LogP contribution in [0.5, 0.6) is 0 Å². The molecular formula is C9H7Cl2NO3. The van der Waals surface area contributed by atoms with Crippen molar-refractivity contribution in [2.75, 3.05) is 6.61 Å². The number of ether oxygens (including phenoxy) is 1.